The summed E-state index contributed by atoms with van der Waals surface area (Å²) in [5.74, 6) is -0.136. The molecule has 0 bridgehead atoms. The van der Waals surface area contributed by atoms with Crippen LogP contribution in [-0.4, -0.2) is 31.1 Å². The van der Waals surface area contributed by atoms with Gasteiger partial charge in [0.1, 0.15) is 0 Å². The Morgan fingerprint density at radius 1 is 1.28 bits per heavy atom. The quantitative estimate of drug-likeness (QED) is 0.696. The lowest BCUT2D eigenvalue weighted by atomic mass is 10.1. The molecule has 0 aliphatic carbocycles. The van der Waals surface area contributed by atoms with Gasteiger partial charge in [0, 0.05) is 13.1 Å². The molecule has 0 spiro atoms. The van der Waals surface area contributed by atoms with Crippen molar-refractivity contribution in [2.45, 2.75) is 26.8 Å². The van der Waals surface area contributed by atoms with Crippen molar-refractivity contribution in [3.05, 3.63) is 35.9 Å². The monoisotopic (exact) mass is 249 g/mol. The minimum absolute atomic E-state index is 0.0290. The molecule has 0 saturated heterocycles. The number of carbonyl (C=O) groups is 1. The third kappa shape index (κ3) is 4.49. The Labute approximate surface area is 110 Å². The van der Waals surface area contributed by atoms with Crippen molar-refractivity contribution < 1.29 is 9.53 Å². The van der Waals surface area contributed by atoms with E-state index in [4.69, 9.17) is 4.74 Å². The van der Waals surface area contributed by atoms with Gasteiger partial charge in [0.25, 0.3) is 0 Å². The summed E-state index contributed by atoms with van der Waals surface area (Å²) < 4.78 is 4.83. The van der Waals surface area contributed by atoms with E-state index in [2.05, 4.69) is 24.0 Å². The van der Waals surface area contributed by atoms with Gasteiger partial charge >= 0.3 is 5.97 Å². The predicted molar refractivity (Wildman–Crippen MR) is 73.2 cm³/mol. The summed E-state index contributed by atoms with van der Waals surface area (Å²) in [6, 6.07) is 10.3. The molecule has 100 valence electrons. The number of benzene rings is 1. The average molecular weight is 249 g/mol. The van der Waals surface area contributed by atoms with Gasteiger partial charge in [0.2, 0.25) is 0 Å². The molecule has 0 aliphatic heterocycles. The lowest BCUT2D eigenvalue weighted by Gasteiger charge is -2.24. The highest BCUT2D eigenvalue weighted by molar-refractivity contribution is 5.72. The largest absolute Gasteiger partial charge is 0.469 e. The van der Waals surface area contributed by atoms with Gasteiger partial charge in [-0.15, -0.1) is 0 Å². The van der Waals surface area contributed by atoms with E-state index in [1.165, 1.54) is 12.7 Å². The van der Waals surface area contributed by atoms with Crippen molar-refractivity contribution in [3.63, 3.8) is 0 Å². The normalized spacial score (nSPS) is 12.4. The summed E-state index contributed by atoms with van der Waals surface area (Å²) in [6.45, 7) is 6.71. The van der Waals surface area contributed by atoms with E-state index in [0.717, 1.165) is 26.1 Å². The number of hydrogen-bond donors (Lipinski definition) is 0. The first kappa shape index (κ1) is 14.7. The van der Waals surface area contributed by atoms with Crippen molar-refractivity contribution in [1.82, 2.24) is 4.90 Å². The summed E-state index contributed by atoms with van der Waals surface area (Å²) in [5.41, 5.74) is 1.28. The minimum Gasteiger partial charge on any atom is -0.469 e. The highest BCUT2D eigenvalue weighted by Crippen LogP contribution is 2.11. The fraction of sp³-hybridized carbons (Fsp3) is 0.533. The molecule has 0 radical (unpaired) electrons. The molecule has 1 aromatic carbocycles. The topological polar surface area (TPSA) is 29.5 Å². The first-order chi connectivity index (χ1) is 8.71. The Morgan fingerprint density at radius 2 is 1.94 bits per heavy atom. The van der Waals surface area contributed by atoms with Crippen LogP contribution in [0.4, 0.5) is 0 Å². The molecule has 1 aromatic rings. The Kier molecular flexibility index (Phi) is 6.44. The van der Waals surface area contributed by atoms with Crippen LogP contribution in [0.2, 0.25) is 0 Å². The van der Waals surface area contributed by atoms with Crippen LogP contribution < -0.4 is 0 Å². The number of esters is 1. The smallest absolute Gasteiger partial charge is 0.309 e. The van der Waals surface area contributed by atoms with E-state index < -0.39 is 0 Å². The molecule has 1 unspecified atom stereocenters. The van der Waals surface area contributed by atoms with Crippen LogP contribution in [0.25, 0.3) is 0 Å². The standard InChI is InChI=1S/C15H23NO2/c1-4-14(15(17)18-3)12-16(5-2)11-13-9-7-6-8-10-13/h6-10,14H,4-5,11-12H2,1-3H3. The van der Waals surface area contributed by atoms with E-state index in [-0.39, 0.29) is 11.9 Å². The third-order valence-corrected chi connectivity index (χ3v) is 3.20. The number of rotatable bonds is 7. The Bertz CT molecular complexity index is 351. The molecule has 18 heavy (non-hydrogen) atoms. The number of hydrogen-bond acceptors (Lipinski definition) is 3. The van der Waals surface area contributed by atoms with E-state index in [9.17, 15) is 4.79 Å². The molecule has 3 nitrogen and oxygen atoms in total. The van der Waals surface area contributed by atoms with E-state index in [1.54, 1.807) is 0 Å². The fourth-order valence-electron chi connectivity index (χ4n) is 2.00. The van der Waals surface area contributed by atoms with E-state index in [1.807, 2.05) is 25.1 Å². The number of nitrogens with zero attached hydrogens (tertiary/aromatic N) is 1. The Balaban J connectivity index is 2.58. The lowest BCUT2D eigenvalue weighted by molar-refractivity contribution is -0.146. The van der Waals surface area contributed by atoms with Gasteiger partial charge in [0.05, 0.1) is 13.0 Å². The highest BCUT2D eigenvalue weighted by Gasteiger charge is 2.19. The van der Waals surface area contributed by atoms with Crippen LogP contribution in [0.5, 0.6) is 0 Å². The molecule has 1 rings (SSSR count). The van der Waals surface area contributed by atoms with Gasteiger partial charge in [-0.1, -0.05) is 44.2 Å². The lowest BCUT2D eigenvalue weighted by Crippen LogP contribution is -2.33. The van der Waals surface area contributed by atoms with Crippen molar-refractivity contribution in [1.29, 1.82) is 0 Å². The summed E-state index contributed by atoms with van der Waals surface area (Å²) in [5, 5.41) is 0. The summed E-state index contributed by atoms with van der Waals surface area (Å²) in [6.07, 6.45) is 0.817. The maximum atomic E-state index is 11.6. The molecule has 0 amide bonds. The SMILES string of the molecule is CCC(CN(CC)Cc1ccccc1)C(=O)OC. The first-order valence-corrected chi connectivity index (χ1v) is 6.55. The fourth-order valence-corrected chi connectivity index (χ4v) is 2.00. The van der Waals surface area contributed by atoms with Crippen molar-refractivity contribution in [2.24, 2.45) is 5.92 Å². The molecule has 0 heterocycles. The van der Waals surface area contributed by atoms with Crippen molar-refractivity contribution >= 4 is 5.97 Å². The Morgan fingerprint density at radius 3 is 2.44 bits per heavy atom. The van der Waals surface area contributed by atoms with Crippen molar-refractivity contribution in [2.75, 3.05) is 20.2 Å². The van der Waals surface area contributed by atoms with Crippen LogP contribution in [0, 0.1) is 5.92 Å². The van der Waals surface area contributed by atoms with Crippen molar-refractivity contribution in [3.8, 4) is 0 Å². The molecule has 0 aromatic heterocycles. The number of carbonyl (C=O) groups excluding carboxylic acids is 1. The molecule has 0 fully saturated rings. The second-order valence-electron chi connectivity index (χ2n) is 4.44. The number of ether oxygens (including phenoxy) is 1. The molecule has 0 saturated carbocycles. The summed E-state index contributed by atoms with van der Waals surface area (Å²) in [4.78, 5) is 13.9. The van der Waals surface area contributed by atoms with Gasteiger partial charge in [-0.05, 0) is 18.5 Å². The van der Waals surface area contributed by atoms with Gasteiger partial charge in [-0.3, -0.25) is 9.69 Å². The first-order valence-electron chi connectivity index (χ1n) is 6.55. The number of methoxy groups -OCH3 is 1. The van der Waals surface area contributed by atoms with Crippen LogP contribution in [0.1, 0.15) is 25.8 Å². The maximum Gasteiger partial charge on any atom is 0.309 e. The van der Waals surface area contributed by atoms with E-state index >= 15 is 0 Å². The minimum atomic E-state index is -0.107. The van der Waals surface area contributed by atoms with Gasteiger partial charge in [-0.2, -0.15) is 0 Å². The molecular weight excluding hydrogens is 226 g/mol. The maximum absolute atomic E-state index is 11.6. The van der Waals surface area contributed by atoms with E-state index in [0.29, 0.717) is 0 Å². The summed E-state index contributed by atoms with van der Waals surface area (Å²) in [7, 11) is 1.46. The average Bonchev–Trinajstić information content (AvgIpc) is 2.43. The zero-order valence-electron chi connectivity index (χ0n) is 11.6. The molecular formula is C15H23NO2. The molecule has 0 aliphatic rings. The second-order valence-corrected chi connectivity index (χ2v) is 4.44. The van der Waals surface area contributed by atoms with Crippen LogP contribution in [0.3, 0.4) is 0 Å². The van der Waals surface area contributed by atoms with Gasteiger partial charge < -0.3 is 4.74 Å². The molecule has 3 heteroatoms. The van der Waals surface area contributed by atoms with Gasteiger partial charge in [-0.25, -0.2) is 0 Å². The zero-order chi connectivity index (χ0) is 13.4. The molecule has 0 N–H and O–H groups in total. The highest BCUT2D eigenvalue weighted by atomic mass is 16.5. The van der Waals surface area contributed by atoms with Crippen LogP contribution >= 0.6 is 0 Å². The second kappa shape index (κ2) is 7.88. The summed E-state index contributed by atoms with van der Waals surface area (Å²) >= 11 is 0. The van der Waals surface area contributed by atoms with Gasteiger partial charge in [0.15, 0.2) is 0 Å². The Hall–Kier alpha value is -1.35. The zero-order valence-corrected chi connectivity index (χ0v) is 11.6. The predicted octanol–water partition coefficient (Wildman–Crippen LogP) is 2.71. The molecule has 1 atom stereocenters. The third-order valence-electron chi connectivity index (χ3n) is 3.20. The van der Waals surface area contributed by atoms with Crippen LogP contribution in [0.15, 0.2) is 30.3 Å². The van der Waals surface area contributed by atoms with Crippen LogP contribution in [-0.2, 0) is 16.1 Å².